The number of likely N-dealkylation sites (tertiary alicyclic amines) is 1. The van der Waals surface area contributed by atoms with Gasteiger partial charge < -0.3 is 9.30 Å². The minimum Gasteiger partial charge on any atom is -0.493 e. The maximum absolute atomic E-state index is 6.14. The summed E-state index contributed by atoms with van der Waals surface area (Å²) in [5.41, 5.74) is 3.70. The number of hydrogen-bond donors (Lipinski definition) is 0. The summed E-state index contributed by atoms with van der Waals surface area (Å²) in [6, 6.07) is 17.1. The molecule has 29 heavy (non-hydrogen) atoms. The molecule has 0 atom stereocenters. The number of aromatic nitrogens is 2. The summed E-state index contributed by atoms with van der Waals surface area (Å²) in [5, 5.41) is 0. The first-order valence-corrected chi connectivity index (χ1v) is 11.1. The number of piperidine rings is 1. The van der Waals surface area contributed by atoms with Gasteiger partial charge in [0.15, 0.2) is 0 Å². The van der Waals surface area contributed by atoms with E-state index in [-0.39, 0.29) is 0 Å². The second-order valence-electron chi connectivity index (χ2n) is 8.22. The molecule has 3 aromatic rings. The SMILES string of the molecule is CCCCCOc1ccccc1C1CCN(Cc2nc3ccccc3n2C)CC1. The molecule has 1 saturated heterocycles. The van der Waals surface area contributed by atoms with Crippen LogP contribution in [-0.2, 0) is 13.6 Å². The lowest BCUT2D eigenvalue weighted by Crippen LogP contribution is -2.33. The highest BCUT2D eigenvalue weighted by atomic mass is 16.5. The van der Waals surface area contributed by atoms with E-state index in [1.807, 2.05) is 0 Å². The number of para-hydroxylation sites is 3. The monoisotopic (exact) mass is 391 g/mol. The third kappa shape index (κ3) is 4.64. The van der Waals surface area contributed by atoms with E-state index in [1.54, 1.807) is 0 Å². The van der Waals surface area contributed by atoms with E-state index in [0.717, 1.165) is 49.8 Å². The number of ether oxygens (including phenoxy) is 1. The number of unbranched alkanes of at least 4 members (excludes halogenated alkanes) is 2. The molecule has 1 aromatic heterocycles. The predicted octanol–water partition coefficient (Wildman–Crippen LogP) is 5.52. The number of hydrogen-bond acceptors (Lipinski definition) is 3. The predicted molar refractivity (Wildman–Crippen MR) is 119 cm³/mol. The van der Waals surface area contributed by atoms with Gasteiger partial charge in [0.2, 0.25) is 0 Å². The second kappa shape index (κ2) is 9.45. The van der Waals surface area contributed by atoms with Gasteiger partial charge in [-0.05, 0) is 62.0 Å². The summed E-state index contributed by atoms with van der Waals surface area (Å²) in [7, 11) is 2.13. The number of aryl methyl sites for hydroxylation is 1. The number of imidazole rings is 1. The largest absolute Gasteiger partial charge is 0.493 e. The van der Waals surface area contributed by atoms with Crippen molar-refractivity contribution in [3.05, 3.63) is 59.9 Å². The van der Waals surface area contributed by atoms with E-state index in [4.69, 9.17) is 9.72 Å². The van der Waals surface area contributed by atoms with Crippen LogP contribution in [0.4, 0.5) is 0 Å². The Morgan fingerprint density at radius 3 is 2.55 bits per heavy atom. The van der Waals surface area contributed by atoms with E-state index in [0.29, 0.717) is 5.92 Å². The zero-order valence-corrected chi connectivity index (χ0v) is 17.8. The zero-order valence-electron chi connectivity index (χ0n) is 17.8. The Labute approximate surface area is 174 Å². The highest BCUT2D eigenvalue weighted by Gasteiger charge is 2.24. The van der Waals surface area contributed by atoms with Crippen molar-refractivity contribution in [3.63, 3.8) is 0 Å². The Morgan fingerprint density at radius 1 is 1.00 bits per heavy atom. The summed E-state index contributed by atoms with van der Waals surface area (Å²) in [6.45, 7) is 6.20. The highest BCUT2D eigenvalue weighted by molar-refractivity contribution is 5.75. The molecule has 2 heterocycles. The number of benzene rings is 2. The molecule has 1 fully saturated rings. The van der Waals surface area contributed by atoms with Crippen LogP contribution < -0.4 is 4.74 Å². The fraction of sp³-hybridized carbons (Fsp3) is 0.480. The third-order valence-corrected chi connectivity index (χ3v) is 6.20. The van der Waals surface area contributed by atoms with Crippen LogP contribution in [0.5, 0.6) is 5.75 Å². The molecule has 0 spiro atoms. The zero-order chi connectivity index (χ0) is 20.1. The Balaban J connectivity index is 1.36. The lowest BCUT2D eigenvalue weighted by molar-refractivity contribution is 0.196. The summed E-state index contributed by atoms with van der Waals surface area (Å²) in [5.74, 6) is 2.84. The minimum absolute atomic E-state index is 0.592. The van der Waals surface area contributed by atoms with Crippen molar-refractivity contribution in [2.75, 3.05) is 19.7 Å². The van der Waals surface area contributed by atoms with Crippen LogP contribution >= 0.6 is 0 Å². The van der Waals surface area contributed by atoms with E-state index >= 15 is 0 Å². The van der Waals surface area contributed by atoms with Crippen molar-refractivity contribution in [1.29, 1.82) is 0 Å². The van der Waals surface area contributed by atoms with Crippen LogP contribution in [0.1, 0.15) is 56.3 Å². The molecular formula is C25H33N3O. The summed E-state index contributed by atoms with van der Waals surface area (Å²) in [4.78, 5) is 7.39. The van der Waals surface area contributed by atoms with Gasteiger partial charge in [-0.15, -0.1) is 0 Å². The quantitative estimate of drug-likeness (QED) is 0.474. The Morgan fingerprint density at radius 2 is 1.76 bits per heavy atom. The topological polar surface area (TPSA) is 30.3 Å². The van der Waals surface area contributed by atoms with Crippen LogP contribution in [0.25, 0.3) is 11.0 Å². The second-order valence-corrected chi connectivity index (χ2v) is 8.22. The van der Waals surface area contributed by atoms with Crippen LogP contribution in [0, 0.1) is 0 Å². The smallest absolute Gasteiger partial charge is 0.123 e. The molecule has 0 bridgehead atoms. The summed E-state index contributed by atoms with van der Waals surface area (Å²) >= 11 is 0. The molecule has 4 nitrogen and oxygen atoms in total. The molecule has 0 N–H and O–H groups in total. The van der Waals surface area contributed by atoms with E-state index < -0.39 is 0 Å². The lowest BCUT2D eigenvalue weighted by atomic mass is 9.89. The van der Waals surface area contributed by atoms with Crippen molar-refractivity contribution in [1.82, 2.24) is 14.5 Å². The number of nitrogens with zero attached hydrogens (tertiary/aromatic N) is 3. The molecular weight excluding hydrogens is 358 g/mol. The molecule has 0 unspecified atom stereocenters. The van der Waals surface area contributed by atoms with E-state index in [1.165, 1.54) is 36.8 Å². The first-order chi connectivity index (χ1) is 14.3. The average Bonchev–Trinajstić information content (AvgIpc) is 3.08. The van der Waals surface area contributed by atoms with Crippen LogP contribution in [0.2, 0.25) is 0 Å². The Bertz CT molecular complexity index is 925. The molecule has 1 aliphatic rings. The van der Waals surface area contributed by atoms with Gasteiger partial charge >= 0.3 is 0 Å². The molecule has 4 heteroatoms. The molecule has 154 valence electrons. The van der Waals surface area contributed by atoms with Crippen molar-refractivity contribution in [2.24, 2.45) is 7.05 Å². The fourth-order valence-corrected chi connectivity index (χ4v) is 4.42. The normalized spacial score (nSPS) is 15.8. The van der Waals surface area contributed by atoms with Crippen LogP contribution in [-0.4, -0.2) is 34.1 Å². The minimum atomic E-state index is 0.592. The van der Waals surface area contributed by atoms with Crippen molar-refractivity contribution < 1.29 is 4.74 Å². The van der Waals surface area contributed by atoms with Gasteiger partial charge in [-0.25, -0.2) is 4.98 Å². The molecule has 0 saturated carbocycles. The number of rotatable bonds is 8. The van der Waals surface area contributed by atoms with Gasteiger partial charge in [0.05, 0.1) is 24.2 Å². The average molecular weight is 392 g/mol. The molecule has 1 aliphatic heterocycles. The first kappa shape index (κ1) is 20.0. The molecule has 0 amide bonds. The molecule has 0 radical (unpaired) electrons. The summed E-state index contributed by atoms with van der Waals surface area (Å²) in [6.07, 6.45) is 5.97. The number of fused-ring (bicyclic) bond motifs is 1. The van der Waals surface area contributed by atoms with Gasteiger partial charge in [0.25, 0.3) is 0 Å². The van der Waals surface area contributed by atoms with Gasteiger partial charge in [-0.1, -0.05) is 50.1 Å². The molecule has 2 aromatic carbocycles. The van der Waals surface area contributed by atoms with E-state index in [2.05, 4.69) is 72.0 Å². The Kier molecular flexibility index (Phi) is 6.50. The van der Waals surface area contributed by atoms with Gasteiger partial charge in [0, 0.05) is 7.05 Å². The highest BCUT2D eigenvalue weighted by Crippen LogP contribution is 2.34. The van der Waals surface area contributed by atoms with Crippen molar-refractivity contribution in [3.8, 4) is 5.75 Å². The fourth-order valence-electron chi connectivity index (χ4n) is 4.42. The van der Waals surface area contributed by atoms with Gasteiger partial charge in [-0.2, -0.15) is 0 Å². The van der Waals surface area contributed by atoms with Gasteiger partial charge in [0.1, 0.15) is 11.6 Å². The lowest BCUT2D eigenvalue weighted by Gasteiger charge is -2.32. The summed E-state index contributed by atoms with van der Waals surface area (Å²) < 4.78 is 8.37. The molecule has 4 rings (SSSR count). The first-order valence-electron chi connectivity index (χ1n) is 11.1. The molecule has 0 aliphatic carbocycles. The third-order valence-electron chi connectivity index (χ3n) is 6.20. The maximum Gasteiger partial charge on any atom is 0.123 e. The van der Waals surface area contributed by atoms with Crippen LogP contribution in [0.3, 0.4) is 0 Å². The standard InChI is InChI=1S/C25H33N3O/c1-3-4-9-18-29-24-13-8-5-10-21(24)20-14-16-28(17-15-20)19-25-26-22-11-6-7-12-23(22)27(25)2/h5-8,10-13,20H,3-4,9,14-19H2,1-2H3. The van der Waals surface area contributed by atoms with Crippen molar-refractivity contribution >= 4 is 11.0 Å². The van der Waals surface area contributed by atoms with E-state index in [9.17, 15) is 0 Å². The van der Waals surface area contributed by atoms with Gasteiger partial charge in [-0.3, -0.25) is 4.90 Å². The Hall–Kier alpha value is -2.33. The van der Waals surface area contributed by atoms with Crippen LogP contribution in [0.15, 0.2) is 48.5 Å². The van der Waals surface area contributed by atoms with Crippen molar-refractivity contribution in [2.45, 2.75) is 51.5 Å². The maximum atomic E-state index is 6.14.